The Labute approximate surface area is 243 Å². The van der Waals surface area contributed by atoms with E-state index in [1.807, 2.05) is 0 Å². The topological polar surface area (TPSA) is 196 Å². The Balaban J connectivity index is 1.31. The third kappa shape index (κ3) is 5.71. The zero-order chi connectivity index (χ0) is 30.0. The highest BCUT2D eigenvalue weighted by Crippen LogP contribution is 2.40. The van der Waals surface area contributed by atoms with Crippen LogP contribution in [0.2, 0.25) is 0 Å². The summed E-state index contributed by atoms with van der Waals surface area (Å²) < 4.78 is 9.68. The molecule has 15 nitrogen and oxygen atoms in total. The Morgan fingerprint density at radius 1 is 1.24 bits per heavy atom. The van der Waals surface area contributed by atoms with Gasteiger partial charge < -0.3 is 25.2 Å². The number of esters is 2. The third-order valence-electron chi connectivity index (χ3n) is 6.77. The van der Waals surface area contributed by atoms with Gasteiger partial charge in [0.15, 0.2) is 6.29 Å². The van der Waals surface area contributed by atoms with E-state index in [0.717, 1.165) is 4.90 Å². The van der Waals surface area contributed by atoms with Gasteiger partial charge >= 0.3 is 23.9 Å². The van der Waals surface area contributed by atoms with E-state index in [0.29, 0.717) is 12.1 Å². The van der Waals surface area contributed by atoms with E-state index in [-0.39, 0.29) is 35.9 Å². The van der Waals surface area contributed by atoms with Crippen LogP contribution >= 0.6 is 11.8 Å². The number of aliphatic imine (C=N–C) groups is 1. The number of aliphatic carboxylic acids is 1. The lowest BCUT2D eigenvalue weighted by Crippen LogP contribution is -2.71. The molecule has 4 aliphatic heterocycles. The van der Waals surface area contributed by atoms with Gasteiger partial charge in [-0.05, 0) is 5.56 Å². The molecule has 0 bridgehead atoms. The number of cyclic esters (lactones) is 1. The Hall–Kier alpha value is -4.70. The van der Waals surface area contributed by atoms with Crippen molar-refractivity contribution in [2.45, 2.75) is 30.7 Å². The molecule has 4 aliphatic rings. The van der Waals surface area contributed by atoms with Crippen LogP contribution < -0.4 is 16.0 Å². The summed E-state index contributed by atoms with van der Waals surface area (Å²) in [5, 5.41) is 17.4. The van der Waals surface area contributed by atoms with Gasteiger partial charge in [-0.25, -0.2) is 19.4 Å². The van der Waals surface area contributed by atoms with E-state index < -0.39 is 59.5 Å². The maximum absolute atomic E-state index is 13.6. The molecule has 4 atom stereocenters. The fourth-order valence-corrected chi connectivity index (χ4v) is 6.09. The zero-order valence-corrected chi connectivity index (χ0v) is 23.0. The van der Waals surface area contributed by atoms with Crippen LogP contribution in [0.4, 0.5) is 4.79 Å². The molecular formula is C26H26N6O9S. The van der Waals surface area contributed by atoms with Gasteiger partial charge in [-0.2, -0.15) is 0 Å². The minimum absolute atomic E-state index is 0.0355. The Kier molecular flexibility index (Phi) is 8.26. The molecule has 42 heavy (non-hydrogen) atoms. The van der Waals surface area contributed by atoms with Gasteiger partial charge in [0.05, 0.1) is 6.26 Å². The minimum atomic E-state index is -1.35. The number of fused-ring (bicyclic) bond motifs is 1. The molecule has 2 unspecified atom stereocenters. The predicted molar refractivity (Wildman–Crippen MR) is 145 cm³/mol. The molecule has 0 spiro atoms. The van der Waals surface area contributed by atoms with Crippen molar-refractivity contribution in [3.63, 3.8) is 0 Å². The van der Waals surface area contributed by atoms with E-state index >= 15 is 0 Å². The van der Waals surface area contributed by atoms with Crippen molar-refractivity contribution in [2.24, 2.45) is 4.99 Å². The summed E-state index contributed by atoms with van der Waals surface area (Å²) in [4.78, 5) is 81.6. The van der Waals surface area contributed by atoms with Gasteiger partial charge in [-0.1, -0.05) is 30.3 Å². The van der Waals surface area contributed by atoms with Crippen LogP contribution in [0.3, 0.4) is 0 Å². The second-order valence-corrected chi connectivity index (χ2v) is 10.6. The molecule has 0 radical (unpaired) electrons. The number of nitrogens with zero attached hydrogens (tertiary/aromatic N) is 3. The SMILES string of the molecule is CC(=O)OCC1=C(C(=O)O)N2C(=O)C(NC(=O)[C@H](NC(=O)N3CCNC3N=C3C=COC3=O)c3ccccc3)[C@H]2SC1. The largest absolute Gasteiger partial charge is 0.477 e. The molecule has 220 valence electrons. The number of thioether (sulfide) groups is 1. The summed E-state index contributed by atoms with van der Waals surface area (Å²) in [7, 11) is 0. The average molecular weight is 599 g/mol. The summed E-state index contributed by atoms with van der Waals surface area (Å²) in [6.07, 6.45) is 1.70. The number of hydrogen-bond donors (Lipinski definition) is 4. The van der Waals surface area contributed by atoms with E-state index in [4.69, 9.17) is 9.47 Å². The fraction of sp³-hybridized carbons (Fsp3) is 0.346. The quantitative estimate of drug-likeness (QED) is 0.221. The van der Waals surface area contributed by atoms with Crippen LogP contribution in [0.15, 0.2) is 58.9 Å². The van der Waals surface area contributed by atoms with Crippen molar-refractivity contribution in [3.05, 3.63) is 59.5 Å². The predicted octanol–water partition coefficient (Wildman–Crippen LogP) is -0.561. The number of urea groups is 1. The van der Waals surface area contributed by atoms with Crippen molar-refractivity contribution >= 4 is 53.2 Å². The second-order valence-electron chi connectivity index (χ2n) is 9.47. The smallest absolute Gasteiger partial charge is 0.361 e. The number of rotatable bonds is 8. The molecule has 2 fully saturated rings. The maximum Gasteiger partial charge on any atom is 0.361 e. The lowest BCUT2D eigenvalue weighted by Gasteiger charge is -2.49. The van der Waals surface area contributed by atoms with Gasteiger partial charge in [-0.3, -0.25) is 29.5 Å². The molecule has 1 aromatic rings. The first-order valence-electron chi connectivity index (χ1n) is 12.8. The Morgan fingerprint density at radius 2 is 2.00 bits per heavy atom. The second kappa shape index (κ2) is 12.0. The van der Waals surface area contributed by atoms with Gasteiger partial charge in [0.2, 0.25) is 5.91 Å². The molecule has 4 N–H and O–H groups in total. The van der Waals surface area contributed by atoms with Gasteiger partial charge in [0.1, 0.15) is 35.5 Å². The zero-order valence-electron chi connectivity index (χ0n) is 22.1. The number of carboxylic acid groups (broad SMARTS) is 1. The van der Waals surface area contributed by atoms with Crippen molar-refractivity contribution in [1.29, 1.82) is 0 Å². The van der Waals surface area contributed by atoms with Crippen LogP contribution in [-0.4, -0.2) is 99.5 Å². The lowest BCUT2D eigenvalue weighted by atomic mass is 10.0. The standard InChI is InChI=1S/C26H26N6O9S/c1-13(33)41-11-15-12-42-22-18(21(35)32(22)19(15)23(36)37)29-20(34)17(14-5-3-2-4-6-14)30-26(39)31-9-8-27-25(31)28-16-7-10-40-24(16)38/h2-7,10,17-18,22,25,27H,8-9,11-12H2,1H3,(H,29,34)(H,30,39)(H,36,37)/t17-,18?,22-,25?/m1/s1. The van der Waals surface area contributed by atoms with Crippen molar-refractivity contribution in [1.82, 2.24) is 25.8 Å². The summed E-state index contributed by atoms with van der Waals surface area (Å²) in [6.45, 7) is 1.55. The number of amides is 4. The number of carboxylic acids is 1. The molecular weight excluding hydrogens is 572 g/mol. The number of β-lactam (4-membered cyclic amide) rings is 1. The first-order valence-corrected chi connectivity index (χ1v) is 13.8. The molecule has 1 aromatic carbocycles. The number of carbonyl (C=O) groups is 6. The van der Waals surface area contributed by atoms with E-state index in [2.05, 4.69) is 20.9 Å². The number of benzene rings is 1. The molecule has 4 amide bonds. The normalized spacial score (nSPS) is 24.6. The maximum atomic E-state index is 13.6. The molecule has 0 saturated carbocycles. The number of carbonyl (C=O) groups excluding carboxylic acids is 5. The average Bonchev–Trinajstić information content (AvgIpc) is 3.61. The van der Waals surface area contributed by atoms with Crippen LogP contribution in [0.5, 0.6) is 0 Å². The summed E-state index contributed by atoms with van der Waals surface area (Å²) in [5.74, 6) is -3.75. The highest BCUT2D eigenvalue weighted by atomic mass is 32.2. The van der Waals surface area contributed by atoms with E-state index in [9.17, 15) is 33.9 Å². The molecule has 4 heterocycles. The van der Waals surface area contributed by atoms with Crippen LogP contribution in [0.1, 0.15) is 18.5 Å². The van der Waals surface area contributed by atoms with Crippen LogP contribution in [0, 0.1) is 0 Å². The van der Waals surface area contributed by atoms with Gasteiger partial charge in [0.25, 0.3) is 5.91 Å². The molecule has 5 rings (SSSR count). The number of nitrogens with one attached hydrogen (secondary N) is 3. The van der Waals surface area contributed by atoms with Crippen LogP contribution in [0.25, 0.3) is 0 Å². The van der Waals surface area contributed by atoms with Crippen molar-refractivity contribution < 1.29 is 43.3 Å². The summed E-state index contributed by atoms with van der Waals surface area (Å²) >= 11 is 1.22. The third-order valence-corrected chi connectivity index (χ3v) is 8.11. The summed E-state index contributed by atoms with van der Waals surface area (Å²) in [6, 6.07) is 5.48. The van der Waals surface area contributed by atoms with Crippen molar-refractivity contribution in [3.8, 4) is 0 Å². The fourth-order valence-electron chi connectivity index (χ4n) is 4.76. The van der Waals surface area contributed by atoms with Crippen molar-refractivity contribution in [2.75, 3.05) is 25.4 Å². The highest BCUT2D eigenvalue weighted by molar-refractivity contribution is 8.00. The molecule has 0 aromatic heterocycles. The van der Waals surface area contributed by atoms with Gasteiger partial charge in [-0.15, -0.1) is 11.8 Å². The minimum Gasteiger partial charge on any atom is -0.477 e. The Morgan fingerprint density at radius 3 is 2.67 bits per heavy atom. The number of ether oxygens (including phenoxy) is 2. The van der Waals surface area contributed by atoms with Crippen LogP contribution in [-0.2, 0) is 33.4 Å². The highest BCUT2D eigenvalue weighted by Gasteiger charge is 2.54. The first-order chi connectivity index (χ1) is 20.2. The first kappa shape index (κ1) is 28.8. The summed E-state index contributed by atoms with van der Waals surface area (Å²) in [5.41, 5.74) is 0.465. The number of hydrogen-bond acceptors (Lipinski definition) is 11. The lowest BCUT2D eigenvalue weighted by molar-refractivity contribution is -0.151. The van der Waals surface area contributed by atoms with Gasteiger partial charge in [0, 0.05) is 37.4 Å². The molecule has 0 aliphatic carbocycles. The monoisotopic (exact) mass is 598 g/mol. The van der Waals surface area contributed by atoms with E-state index in [1.54, 1.807) is 30.3 Å². The van der Waals surface area contributed by atoms with E-state index in [1.165, 1.54) is 35.9 Å². The molecule has 2 saturated heterocycles. The molecule has 16 heteroatoms. The Bertz CT molecular complexity index is 1430.